The highest BCUT2D eigenvalue weighted by Gasteiger charge is 2.29. The van der Waals surface area contributed by atoms with Gasteiger partial charge in [-0.25, -0.2) is 9.79 Å². The molecule has 138 valence electrons. The van der Waals surface area contributed by atoms with Gasteiger partial charge >= 0.3 is 5.97 Å². The molecular weight excluding hydrogens is 366 g/mol. The molecule has 0 fully saturated rings. The van der Waals surface area contributed by atoms with Gasteiger partial charge in [-0.3, -0.25) is 9.59 Å². The molecule has 2 aromatic rings. The molecule has 0 amide bonds. The van der Waals surface area contributed by atoms with E-state index in [2.05, 4.69) is 4.99 Å². The van der Waals surface area contributed by atoms with E-state index in [1.165, 1.54) is 13.1 Å². The number of allylic oxidation sites excluding steroid dienone is 1. The van der Waals surface area contributed by atoms with Crippen LogP contribution in [0.5, 0.6) is 0 Å². The number of carbonyl (C=O) groups excluding carboxylic acids is 3. The largest absolute Gasteiger partial charge is 0.506 e. The molecule has 0 spiro atoms. The van der Waals surface area contributed by atoms with Gasteiger partial charge in [0.15, 0.2) is 11.6 Å². The number of esters is 1. The van der Waals surface area contributed by atoms with Crippen molar-refractivity contribution in [3.63, 3.8) is 0 Å². The number of fused-ring (bicyclic) bond motifs is 1. The molecule has 0 bridgehead atoms. The van der Waals surface area contributed by atoms with Gasteiger partial charge in [-0.15, -0.1) is 11.3 Å². The quantitative estimate of drug-likeness (QED) is 0.472. The van der Waals surface area contributed by atoms with Gasteiger partial charge in [-0.05, 0) is 26.3 Å². The van der Waals surface area contributed by atoms with E-state index in [-0.39, 0.29) is 40.1 Å². The molecule has 7 heteroatoms. The zero-order valence-corrected chi connectivity index (χ0v) is 15.8. The standard InChI is InChI=1S/C20H17NO5S/c1-4-26-20(25)15-10(2)18(11(3)22)27-19(15)21-9-14-16(23)12-7-5-6-8-13(12)17(14)24/h5-9,23H,4H2,1-3H3. The summed E-state index contributed by atoms with van der Waals surface area (Å²) in [4.78, 5) is 41.3. The number of hydrogen-bond donors (Lipinski definition) is 1. The first-order valence-electron chi connectivity index (χ1n) is 8.29. The third-order valence-electron chi connectivity index (χ3n) is 4.16. The Bertz CT molecular complexity index is 1030. The second-order valence-corrected chi connectivity index (χ2v) is 6.91. The maximum absolute atomic E-state index is 12.5. The highest BCUT2D eigenvalue weighted by molar-refractivity contribution is 7.18. The number of ether oxygens (including phenoxy) is 1. The Labute approximate surface area is 159 Å². The van der Waals surface area contributed by atoms with Gasteiger partial charge in [0, 0.05) is 17.3 Å². The summed E-state index contributed by atoms with van der Waals surface area (Å²) in [6.07, 6.45) is 1.23. The molecule has 0 atom stereocenters. The molecule has 6 nitrogen and oxygen atoms in total. The van der Waals surface area contributed by atoms with Crippen LogP contribution in [0, 0.1) is 6.92 Å². The van der Waals surface area contributed by atoms with Gasteiger partial charge in [-0.1, -0.05) is 24.3 Å². The van der Waals surface area contributed by atoms with Gasteiger partial charge in [0.2, 0.25) is 0 Å². The van der Waals surface area contributed by atoms with Crippen LogP contribution in [0.2, 0.25) is 0 Å². The number of hydrogen-bond acceptors (Lipinski definition) is 7. The van der Waals surface area contributed by atoms with Crippen LogP contribution in [0.4, 0.5) is 5.00 Å². The summed E-state index contributed by atoms with van der Waals surface area (Å²) in [6.45, 7) is 4.94. The minimum Gasteiger partial charge on any atom is -0.506 e. The average Bonchev–Trinajstić information content (AvgIpc) is 3.09. The number of aliphatic hydroxyl groups is 1. The number of thiophene rings is 1. The molecule has 3 rings (SSSR count). The Hall–Kier alpha value is -3.06. The summed E-state index contributed by atoms with van der Waals surface area (Å²) < 4.78 is 5.06. The van der Waals surface area contributed by atoms with E-state index in [0.717, 1.165) is 11.3 Å². The van der Waals surface area contributed by atoms with Crippen LogP contribution in [0.1, 0.15) is 55.4 Å². The Kier molecular flexibility index (Phi) is 5.05. The van der Waals surface area contributed by atoms with Crippen LogP contribution in [-0.2, 0) is 4.74 Å². The van der Waals surface area contributed by atoms with Crippen molar-refractivity contribution in [3.05, 3.63) is 57.0 Å². The zero-order valence-electron chi connectivity index (χ0n) is 15.0. The fourth-order valence-corrected chi connectivity index (χ4v) is 3.93. The third-order valence-corrected chi connectivity index (χ3v) is 5.47. The van der Waals surface area contributed by atoms with Crippen molar-refractivity contribution < 1.29 is 24.2 Å². The Morgan fingerprint density at radius 2 is 1.93 bits per heavy atom. The molecule has 0 saturated carbocycles. The molecule has 0 radical (unpaired) electrons. The van der Waals surface area contributed by atoms with Crippen LogP contribution in [0.3, 0.4) is 0 Å². The Morgan fingerprint density at radius 3 is 2.52 bits per heavy atom. The van der Waals surface area contributed by atoms with Gasteiger partial charge < -0.3 is 9.84 Å². The number of aliphatic hydroxyl groups excluding tert-OH is 1. The molecule has 1 aromatic carbocycles. The maximum atomic E-state index is 12.5. The molecule has 27 heavy (non-hydrogen) atoms. The van der Waals surface area contributed by atoms with Crippen molar-refractivity contribution in [1.82, 2.24) is 0 Å². The molecule has 0 aliphatic heterocycles. The molecule has 1 heterocycles. The van der Waals surface area contributed by atoms with Crippen LogP contribution in [-0.4, -0.2) is 35.5 Å². The minimum atomic E-state index is -0.579. The van der Waals surface area contributed by atoms with Crippen molar-refractivity contribution in [1.29, 1.82) is 0 Å². The predicted octanol–water partition coefficient (Wildman–Crippen LogP) is 4.30. The lowest BCUT2D eigenvalue weighted by Crippen LogP contribution is -2.06. The van der Waals surface area contributed by atoms with E-state index in [1.54, 1.807) is 38.1 Å². The highest BCUT2D eigenvalue weighted by Crippen LogP contribution is 2.37. The number of ketones is 2. The topological polar surface area (TPSA) is 93.0 Å². The van der Waals surface area contributed by atoms with E-state index < -0.39 is 5.97 Å². The first-order chi connectivity index (χ1) is 12.9. The number of rotatable bonds is 5. The summed E-state index contributed by atoms with van der Waals surface area (Å²) in [6, 6.07) is 6.71. The lowest BCUT2D eigenvalue weighted by molar-refractivity contribution is 0.0527. The van der Waals surface area contributed by atoms with Crippen LogP contribution >= 0.6 is 11.3 Å². The minimum absolute atomic E-state index is 0.0430. The monoisotopic (exact) mass is 383 g/mol. The fraction of sp³-hybridized carbons (Fsp3) is 0.200. The fourth-order valence-electron chi connectivity index (χ4n) is 2.90. The van der Waals surface area contributed by atoms with Crippen molar-refractivity contribution in [3.8, 4) is 0 Å². The van der Waals surface area contributed by atoms with E-state index in [0.29, 0.717) is 21.6 Å². The first kappa shape index (κ1) is 18.7. The highest BCUT2D eigenvalue weighted by atomic mass is 32.1. The number of Topliss-reactive ketones (excluding diaryl/α,β-unsaturated/α-hetero) is 2. The smallest absolute Gasteiger partial charge is 0.341 e. The number of carbonyl (C=O) groups is 3. The van der Waals surface area contributed by atoms with Crippen LogP contribution in [0.25, 0.3) is 5.76 Å². The number of aliphatic imine (C=N–C) groups is 1. The van der Waals surface area contributed by atoms with Crippen molar-refractivity contribution in [2.45, 2.75) is 20.8 Å². The molecule has 0 unspecified atom stereocenters. The van der Waals surface area contributed by atoms with Crippen molar-refractivity contribution in [2.24, 2.45) is 4.99 Å². The average molecular weight is 383 g/mol. The molecule has 1 aromatic heterocycles. The lowest BCUT2D eigenvalue weighted by atomic mass is 10.1. The van der Waals surface area contributed by atoms with Gasteiger partial charge in [0.1, 0.15) is 10.8 Å². The summed E-state index contributed by atoms with van der Waals surface area (Å²) in [5, 5.41) is 10.6. The van der Waals surface area contributed by atoms with E-state index >= 15 is 0 Å². The Balaban J connectivity index is 2.05. The van der Waals surface area contributed by atoms with Gasteiger partial charge in [-0.2, -0.15) is 0 Å². The zero-order chi connectivity index (χ0) is 19.7. The maximum Gasteiger partial charge on any atom is 0.341 e. The van der Waals surface area contributed by atoms with Crippen LogP contribution in [0.15, 0.2) is 34.8 Å². The summed E-state index contributed by atoms with van der Waals surface area (Å²) in [5.41, 5.74) is 1.58. The number of nitrogens with zero attached hydrogens (tertiary/aromatic N) is 1. The molecule has 1 aliphatic rings. The SMILES string of the molecule is CCOC(=O)c1c(N=CC2=C(O)c3ccccc3C2=O)sc(C(C)=O)c1C. The molecular formula is C20H17NO5S. The van der Waals surface area contributed by atoms with Gasteiger partial charge in [0.05, 0.1) is 22.6 Å². The van der Waals surface area contributed by atoms with Crippen LogP contribution < -0.4 is 0 Å². The van der Waals surface area contributed by atoms with Crippen molar-refractivity contribution >= 4 is 45.8 Å². The second kappa shape index (κ2) is 7.28. The Morgan fingerprint density at radius 1 is 1.26 bits per heavy atom. The van der Waals surface area contributed by atoms with E-state index in [9.17, 15) is 19.5 Å². The predicted molar refractivity (Wildman–Crippen MR) is 103 cm³/mol. The molecule has 1 N–H and O–H groups in total. The summed E-state index contributed by atoms with van der Waals surface area (Å²) in [7, 11) is 0. The molecule has 1 aliphatic carbocycles. The summed E-state index contributed by atoms with van der Waals surface area (Å²) >= 11 is 1.05. The molecule has 0 saturated heterocycles. The van der Waals surface area contributed by atoms with Crippen molar-refractivity contribution in [2.75, 3.05) is 6.61 Å². The third kappa shape index (κ3) is 3.21. The normalized spacial score (nSPS) is 13.4. The number of benzene rings is 1. The van der Waals surface area contributed by atoms with Gasteiger partial charge in [0.25, 0.3) is 0 Å². The lowest BCUT2D eigenvalue weighted by Gasteiger charge is -2.02. The second-order valence-electron chi connectivity index (χ2n) is 5.91. The van der Waals surface area contributed by atoms with E-state index in [4.69, 9.17) is 4.74 Å². The van der Waals surface area contributed by atoms with E-state index in [1.807, 2.05) is 0 Å². The first-order valence-corrected chi connectivity index (χ1v) is 9.11. The summed E-state index contributed by atoms with van der Waals surface area (Å²) in [5.74, 6) is -1.26.